The van der Waals surface area contributed by atoms with E-state index in [4.69, 9.17) is 4.74 Å². The maximum absolute atomic E-state index is 12.7. The maximum Gasteiger partial charge on any atom is 0.234 e. The molecule has 7 nitrogen and oxygen atoms in total. The molecule has 0 radical (unpaired) electrons. The minimum atomic E-state index is -0.140. The van der Waals surface area contributed by atoms with Gasteiger partial charge in [-0.3, -0.25) is 14.3 Å². The van der Waals surface area contributed by atoms with E-state index in [2.05, 4.69) is 36.4 Å². The van der Waals surface area contributed by atoms with Crippen molar-refractivity contribution in [2.24, 2.45) is 0 Å². The Morgan fingerprint density at radius 1 is 0.892 bits per heavy atom. The van der Waals surface area contributed by atoms with Gasteiger partial charge in [0.25, 0.3) is 0 Å². The number of hydrogen-bond donors (Lipinski definition) is 1. The SMILES string of the molecule is O=C(CSc1nnc(-c2ccncc2)n1-c1ccc(Br)cc1)Nc1ccc(OCc2ccccc2)cc1. The number of thioether (sulfide) groups is 1. The topological polar surface area (TPSA) is 81.9 Å². The van der Waals surface area contributed by atoms with Gasteiger partial charge in [0.05, 0.1) is 5.75 Å². The van der Waals surface area contributed by atoms with Gasteiger partial charge in [-0.2, -0.15) is 0 Å². The number of aromatic nitrogens is 4. The van der Waals surface area contributed by atoms with Gasteiger partial charge < -0.3 is 10.1 Å². The summed E-state index contributed by atoms with van der Waals surface area (Å²) >= 11 is 4.80. The third-order valence-electron chi connectivity index (χ3n) is 5.38. The Kier molecular flexibility index (Phi) is 7.93. The smallest absolute Gasteiger partial charge is 0.234 e. The molecule has 3 aromatic carbocycles. The highest BCUT2D eigenvalue weighted by Crippen LogP contribution is 2.28. The molecule has 184 valence electrons. The zero-order valence-electron chi connectivity index (χ0n) is 19.6. The highest BCUT2D eigenvalue weighted by atomic mass is 79.9. The summed E-state index contributed by atoms with van der Waals surface area (Å²) in [6, 6.07) is 29.0. The standard InChI is InChI=1S/C28H22BrN5O2S/c29-22-6-10-24(11-7-22)34-27(21-14-16-30-17-15-21)32-33-28(34)37-19-26(35)31-23-8-12-25(13-9-23)36-18-20-4-2-1-3-5-20/h1-17H,18-19H2,(H,31,35). The molecule has 9 heteroatoms. The molecule has 0 fully saturated rings. The van der Waals surface area contributed by atoms with Crippen LogP contribution in [0.4, 0.5) is 5.69 Å². The van der Waals surface area contributed by atoms with Gasteiger partial charge in [0.2, 0.25) is 5.91 Å². The normalized spacial score (nSPS) is 10.7. The Bertz CT molecular complexity index is 1460. The summed E-state index contributed by atoms with van der Waals surface area (Å²) in [6.45, 7) is 0.490. The Morgan fingerprint density at radius 3 is 2.35 bits per heavy atom. The highest BCUT2D eigenvalue weighted by molar-refractivity contribution is 9.10. The number of rotatable bonds is 9. The summed E-state index contributed by atoms with van der Waals surface area (Å²) in [4.78, 5) is 16.8. The van der Waals surface area contributed by atoms with Gasteiger partial charge in [-0.25, -0.2) is 0 Å². The fourth-order valence-corrected chi connectivity index (χ4v) is 4.59. The molecule has 0 aliphatic rings. The molecule has 5 aromatic rings. The van der Waals surface area contributed by atoms with E-state index in [1.165, 1.54) is 11.8 Å². The highest BCUT2D eigenvalue weighted by Gasteiger charge is 2.17. The third-order valence-corrected chi connectivity index (χ3v) is 6.83. The minimum Gasteiger partial charge on any atom is -0.489 e. The van der Waals surface area contributed by atoms with E-state index in [9.17, 15) is 4.79 Å². The zero-order valence-corrected chi connectivity index (χ0v) is 22.0. The van der Waals surface area contributed by atoms with Crippen molar-refractivity contribution >= 4 is 39.3 Å². The van der Waals surface area contributed by atoms with Crippen LogP contribution in [0.2, 0.25) is 0 Å². The third kappa shape index (κ3) is 6.44. The van der Waals surface area contributed by atoms with Crippen LogP contribution >= 0.6 is 27.7 Å². The molecule has 0 saturated carbocycles. The summed E-state index contributed by atoms with van der Waals surface area (Å²) < 4.78 is 8.73. The first-order valence-corrected chi connectivity index (χ1v) is 13.2. The first kappa shape index (κ1) is 24.7. The Labute approximate surface area is 227 Å². The van der Waals surface area contributed by atoms with E-state index in [0.717, 1.165) is 27.0 Å². The van der Waals surface area contributed by atoms with Crippen molar-refractivity contribution in [3.8, 4) is 22.8 Å². The number of carbonyl (C=O) groups excluding carboxylic acids is 1. The second-order valence-electron chi connectivity index (χ2n) is 7.99. The van der Waals surface area contributed by atoms with Crippen molar-refractivity contribution in [3.05, 3.63) is 113 Å². The minimum absolute atomic E-state index is 0.140. The number of amides is 1. The molecule has 0 spiro atoms. The second-order valence-corrected chi connectivity index (χ2v) is 9.85. The van der Waals surface area contributed by atoms with Gasteiger partial charge in [-0.05, 0) is 66.2 Å². The van der Waals surface area contributed by atoms with Crippen molar-refractivity contribution in [2.75, 3.05) is 11.1 Å². The molecule has 5 rings (SSSR count). The monoisotopic (exact) mass is 571 g/mol. The van der Waals surface area contributed by atoms with Crippen molar-refractivity contribution < 1.29 is 9.53 Å². The number of halogens is 1. The molecule has 1 N–H and O–H groups in total. The lowest BCUT2D eigenvalue weighted by atomic mass is 10.2. The number of nitrogens with zero attached hydrogens (tertiary/aromatic N) is 4. The first-order chi connectivity index (χ1) is 18.2. The van der Waals surface area contributed by atoms with Crippen molar-refractivity contribution in [1.29, 1.82) is 0 Å². The van der Waals surface area contributed by atoms with Crippen LogP contribution in [0.3, 0.4) is 0 Å². The average molecular weight is 572 g/mol. The fourth-order valence-electron chi connectivity index (χ4n) is 3.58. The van der Waals surface area contributed by atoms with Crippen LogP contribution in [-0.4, -0.2) is 31.4 Å². The molecule has 0 aliphatic carbocycles. The summed E-state index contributed by atoms with van der Waals surface area (Å²) in [7, 11) is 0. The van der Waals surface area contributed by atoms with Gasteiger partial charge in [0, 0.05) is 33.8 Å². The van der Waals surface area contributed by atoms with Crippen LogP contribution in [0, 0.1) is 0 Å². The number of anilines is 1. The predicted molar refractivity (Wildman–Crippen MR) is 149 cm³/mol. The van der Waals surface area contributed by atoms with Crippen molar-refractivity contribution in [3.63, 3.8) is 0 Å². The van der Waals surface area contributed by atoms with Gasteiger partial charge in [0.1, 0.15) is 12.4 Å². The number of ether oxygens (including phenoxy) is 1. The predicted octanol–water partition coefficient (Wildman–Crippen LogP) is 6.40. The van der Waals surface area contributed by atoms with E-state index < -0.39 is 0 Å². The number of nitrogens with one attached hydrogen (secondary N) is 1. The van der Waals surface area contributed by atoms with E-state index in [1.807, 2.05) is 95.6 Å². The molecule has 0 aliphatic heterocycles. The van der Waals surface area contributed by atoms with Crippen molar-refractivity contribution in [1.82, 2.24) is 19.7 Å². The molecule has 0 atom stereocenters. The van der Waals surface area contributed by atoms with Crippen molar-refractivity contribution in [2.45, 2.75) is 11.8 Å². The average Bonchev–Trinajstić information content (AvgIpc) is 3.37. The fraction of sp³-hybridized carbons (Fsp3) is 0.0714. The lowest BCUT2D eigenvalue weighted by Crippen LogP contribution is -2.14. The molecule has 2 aromatic heterocycles. The van der Waals surface area contributed by atoms with Crippen LogP contribution in [0.25, 0.3) is 17.1 Å². The molecule has 0 bridgehead atoms. The number of benzene rings is 3. The molecule has 0 unspecified atom stereocenters. The first-order valence-electron chi connectivity index (χ1n) is 11.5. The molecule has 37 heavy (non-hydrogen) atoms. The van der Waals surface area contributed by atoms with Gasteiger partial charge >= 0.3 is 0 Å². The molecule has 2 heterocycles. The van der Waals surface area contributed by atoms with Gasteiger partial charge in [-0.1, -0.05) is 58.0 Å². The number of carbonyl (C=O) groups is 1. The van der Waals surface area contributed by atoms with Crippen LogP contribution in [-0.2, 0) is 11.4 Å². The van der Waals surface area contributed by atoms with Crippen LogP contribution in [0.1, 0.15) is 5.56 Å². The quantitative estimate of drug-likeness (QED) is 0.206. The Balaban J connectivity index is 1.24. The van der Waals surface area contributed by atoms with Crippen LogP contribution in [0.5, 0.6) is 5.75 Å². The van der Waals surface area contributed by atoms with E-state index in [-0.39, 0.29) is 11.7 Å². The summed E-state index contributed by atoms with van der Waals surface area (Å²) in [6.07, 6.45) is 3.43. The van der Waals surface area contributed by atoms with E-state index in [1.54, 1.807) is 12.4 Å². The van der Waals surface area contributed by atoms with Crippen LogP contribution in [0.15, 0.2) is 113 Å². The maximum atomic E-state index is 12.7. The lowest BCUT2D eigenvalue weighted by Gasteiger charge is -2.11. The Hall–Kier alpha value is -3.95. The second kappa shape index (κ2) is 11.9. The van der Waals surface area contributed by atoms with Crippen LogP contribution < -0.4 is 10.1 Å². The molecule has 1 amide bonds. The molecule has 0 saturated heterocycles. The summed E-state index contributed by atoms with van der Waals surface area (Å²) in [5, 5.41) is 12.3. The number of pyridine rings is 1. The number of hydrogen-bond acceptors (Lipinski definition) is 6. The van der Waals surface area contributed by atoms with Gasteiger partial charge in [0.15, 0.2) is 11.0 Å². The molecular weight excluding hydrogens is 550 g/mol. The largest absolute Gasteiger partial charge is 0.489 e. The summed E-state index contributed by atoms with van der Waals surface area (Å²) in [5.74, 6) is 1.46. The summed E-state index contributed by atoms with van der Waals surface area (Å²) in [5.41, 5.74) is 3.58. The Morgan fingerprint density at radius 2 is 1.62 bits per heavy atom. The lowest BCUT2D eigenvalue weighted by molar-refractivity contribution is -0.113. The van der Waals surface area contributed by atoms with Gasteiger partial charge in [-0.15, -0.1) is 10.2 Å². The zero-order chi connectivity index (χ0) is 25.5. The van der Waals surface area contributed by atoms with E-state index >= 15 is 0 Å². The molecular formula is C28H22BrN5O2S. The van der Waals surface area contributed by atoms with E-state index in [0.29, 0.717) is 23.3 Å².